The summed E-state index contributed by atoms with van der Waals surface area (Å²) in [6.45, 7) is 11.2. The maximum Gasteiger partial charge on any atom is 0.345 e. The van der Waals surface area contributed by atoms with Crippen LogP contribution in [-0.4, -0.2) is 349 Å². The average Bonchev–Trinajstić information content (AvgIpc) is 0.739. The summed E-state index contributed by atoms with van der Waals surface area (Å²) in [5.41, 5.74) is 7.64. The van der Waals surface area contributed by atoms with Crippen LogP contribution in [0.1, 0.15) is 38.3 Å². The number of aromatic nitrogens is 1. The second kappa shape index (κ2) is 59.6. The molecular weight excluding hydrogens is 1440 g/mol. The van der Waals surface area contributed by atoms with E-state index >= 15 is 4.79 Å². The van der Waals surface area contributed by atoms with E-state index in [9.17, 15) is 17.8 Å². The van der Waals surface area contributed by atoms with E-state index in [0.717, 1.165) is 0 Å². The molecule has 33 nitrogen and oxygen atoms in total. The zero-order valence-corrected chi connectivity index (χ0v) is 65.8. The van der Waals surface area contributed by atoms with Gasteiger partial charge in [-0.1, -0.05) is 0 Å². The SMILES string of the molecule is COCCOCC(COCCOC)OCC(COC(COCCOC)COCCOC)Oc1ccc2c(c1)c(C(=O)Oc1c(C)cc(C(=O)NCCOCCOCCN)cc1C)c1cc(OC(COC(COCCOC)COCCOC)COC(COCCOC)COCCOC)ccc1[n+]2CCCS(=O)(=O)O. The third-order valence-electron chi connectivity index (χ3n) is 15.7. The van der Waals surface area contributed by atoms with Gasteiger partial charge in [0.2, 0.25) is 11.0 Å². The van der Waals surface area contributed by atoms with Crippen LogP contribution < -0.4 is 29.8 Å². The number of esters is 1. The molecular formula is C74H122N3O30S+. The number of benzene rings is 3. The van der Waals surface area contributed by atoms with Crippen molar-refractivity contribution in [2.24, 2.45) is 5.73 Å². The van der Waals surface area contributed by atoms with Crippen molar-refractivity contribution in [3.63, 3.8) is 0 Å². The smallest absolute Gasteiger partial charge is 0.345 e. The molecule has 618 valence electrons. The first-order chi connectivity index (χ1) is 52.6. The van der Waals surface area contributed by atoms with Crippen LogP contribution in [0.25, 0.3) is 21.8 Å². The molecule has 4 N–H and O–H groups in total. The van der Waals surface area contributed by atoms with Crippen LogP contribution in [0.15, 0.2) is 48.5 Å². The number of aryl methyl sites for hydroxylation is 3. The molecule has 1 heterocycles. The minimum atomic E-state index is -4.46. The number of rotatable bonds is 71. The Morgan fingerprint density at radius 2 is 0.750 bits per heavy atom. The Balaban J connectivity index is 2.03. The lowest BCUT2D eigenvalue weighted by molar-refractivity contribution is -0.645. The average molecular weight is 1570 g/mol. The molecule has 1 aromatic heterocycles. The molecule has 0 aliphatic rings. The topological polar surface area (TPSA) is 361 Å². The van der Waals surface area contributed by atoms with Gasteiger partial charge in [-0.25, -0.2) is 4.79 Å². The molecule has 0 atom stereocenters. The fourth-order valence-corrected chi connectivity index (χ4v) is 10.8. The summed E-state index contributed by atoms with van der Waals surface area (Å²) in [6, 6.07) is 13.5. The second-order valence-electron chi connectivity index (χ2n) is 24.5. The highest BCUT2D eigenvalue weighted by Gasteiger charge is 2.31. The van der Waals surface area contributed by atoms with Gasteiger partial charge < -0.3 is 129 Å². The van der Waals surface area contributed by atoms with Crippen molar-refractivity contribution in [1.82, 2.24) is 5.32 Å². The molecule has 0 spiro atoms. The molecule has 0 aliphatic carbocycles. The fraction of sp³-hybridized carbons (Fsp3) is 0.716. The van der Waals surface area contributed by atoms with Gasteiger partial charge in [0.25, 0.3) is 16.0 Å². The monoisotopic (exact) mass is 1560 g/mol. The number of fused-ring (bicyclic) bond motifs is 2. The van der Waals surface area contributed by atoms with Crippen LogP contribution in [0.5, 0.6) is 17.2 Å². The van der Waals surface area contributed by atoms with Gasteiger partial charge in [0.1, 0.15) is 53.9 Å². The van der Waals surface area contributed by atoms with Gasteiger partial charge in [-0.15, -0.1) is 0 Å². The number of nitrogens with one attached hydrogen (secondary N) is 1. The van der Waals surface area contributed by atoms with E-state index in [1.165, 1.54) is 0 Å². The summed E-state index contributed by atoms with van der Waals surface area (Å²) in [6.07, 6.45) is -4.26. The molecule has 0 radical (unpaired) electrons. The standard InChI is InChI=1S/C74H121N3O30S/c1-56-40-58(73(78)76-17-20-92-38-37-91-19-16-75)41-57(2)72(56)107-74(79)71-67-42-59(105-65(52-101-61(44-93-29-21-83-3)45-94-30-22-84-4)53-102-62(46-95-31-23-85-5)47-96-32-24-86-6)12-14-69(67)77(18-11-39-108(80,81)82)70-15-13-60(43-68(70)71)106-66(54-103-63(48-97-33-25-87-7)49-98-34-26-88-8)55-104-64(50-99-35-27-89-9)51-100-36-28-90-10/h12-15,40-43,61-66H,11,16-39,44-55,75H2,1-10H3,(H-,76,78,80,81,82)/p+1. The summed E-state index contributed by atoms with van der Waals surface area (Å²) in [7, 11) is 8.16. The van der Waals surface area contributed by atoms with Gasteiger partial charge in [0.05, 0.1) is 234 Å². The van der Waals surface area contributed by atoms with E-state index in [1.54, 1.807) is 119 Å². The number of pyridine rings is 1. The lowest BCUT2D eigenvalue weighted by Gasteiger charge is -2.26. The van der Waals surface area contributed by atoms with E-state index in [2.05, 4.69) is 5.32 Å². The van der Waals surface area contributed by atoms with Crippen molar-refractivity contribution in [3.05, 3.63) is 70.8 Å². The first-order valence-electron chi connectivity index (χ1n) is 36.3. The van der Waals surface area contributed by atoms with Crippen LogP contribution in [0.2, 0.25) is 0 Å². The molecule has 0 unspecified atom stereocenters. The van der Waals surface area contributed by atoms with Crippen LogP contribution >= 0.6 is 0 Å². The molecule has 34 heteroatoms. The number of hydrogen-bond acceptors (Lipinski definition) is 30. The van der Waals surface area contributed by atoms with Crippen LogP contribution in [-0.2, 0) is 121 Å². The minimum Gasteiger partial charge on any atom is -0.486 e. The van der Waals surface area contributed by atoms with Crippen LogP contribution in [0.3, 0.4) is 0 Å². The predicted molar refractivity (Wildman–Crippen MR) is 396 cm³/mol. The fourth-order valence-electron chi connectivity index (χ4n) is 10.3. The van der Waals surface area contributed by atoms with Crippen molar-refractivity contribution in [2.75, 3.05) is 287 Å². The van der Waals surface area contributed by atoms with E-state index in [4.69, 9.17) is 124 Å². The number of carbonyl (C=O) groups excluding carboxylic acids is 2. The number of ether oxygens (including phenoxy) is 25. The molecule has 0 aliphatic heterocycles. The quantitative estimate of drug-likeness (QED) is 0.0142. The number of amides is 1. The third kappa shape index (κ3) is 40.4. The van der Waals surface area contributed by atoms with Gasteiger partial charge in [0, 0.05) is 94.1 Å². The zero-order chi connectivity index (χ0) is 78.3. The van der Waals surface area contributed by atoms with Gasteiger partial charge in [-0.05, 0) is 61.4 Å². The maximum atomic E-state index is 15.9. The normalized spacial score (nSPS) is 12.1. The minimum absolute atomic E-state index is 0.00931. The highest BCUT2D eigenvalue weighted by Crippen LogP contribution is 2.34. The largest absolute Gasteiger partial charge is 0.486 e. The lowest BCUT2D eigenvalue weighted by Crippen LogP contribution is -2.38. The summed E-state index contributed by atoms with van der Waals surface area (Å²) in [5, 5.41) is 3.44. The highest BCUT2D eigenvalue weighted by atomic mass is 32.2. The first-order valence-corrected chi connectivity index (χ1v) is 37.9. The molecule has 4 aromatic rings. The molecule has 0 saturated heterocycles. The summed E-state index contributed by atoms with van der Waals surface area (Å²) in [4.78, 5) is 29.6. The van der Waals surface area contributed by atoms with Gasteiger partial charge >= 0.3 is 5.97 Å². The third-order valence-corrected chi connectivity index (χ3v) is 16.5. The van der Waals surface area contributed by atoms with Crippen molar-refractivity contribution in [3.8, 4) is 17.2 Å². The Labute approximate surface area is 636 Å². The number of hydrogen-bond donors (Lipinski definition) is 3. The molecule has 0 bridgehead atoms. The molecule has 0 saturated carbocycles. The second-order valence-corrected chi connectivity index (χ2v) is 26.0. The highest BCUT2D eigenvalue weighted by molar-refractivity contribution is 7.85. The number of nitrogens with zero attached hydrogens (tertiary/aromatic N) is 1. The van der Waals surface area contributed by atoms with Gasteiger partial charge in [-0.3, -0.25) is 9.35 Å². The summed E-state index contributed by atoms with van der Waals surface area (Å²) < 4.78 is 184. The maximum absolute atomic E-state index is 15.9. The Morgan fingerprint density at radius 1 is 0.426 bits per heavy atom. The van der Waals surface area contributed by atoms with Crippen molar-refractivity contribution >= 4 is 43.8 Å². The Kier molecular flexibility index (Phi) is 52.6. The van der Waals surface area contributed by atoms with Gasteiger partial charge in [0.15, 0.2) is 6.54 Å². The summed E-state index contributed by atoms with van der Waals surface area (Å²) >= 11 is 0. The van der Waals surface area contributed by atoms with Crippen molar-refractivity contribution in [1.29, 1.82) is 0 Å². The molecule has 1 amide bonds. The molecule has 108 heavy (non-hydrogen) atoms. The number of methoxy groups -OCH3 is 8. The van der Waals surface area contributed by atoms with E-state index < -0.39 is 58.5 Å². The predicted octanol–water partition coefficient (Wildman–Crippen LogP) is 3.46. The Bertz CT molecular complexity index is 2860. The van der Waals surface area contributed by atoms with E-state index in [0.29, 0.717) is 107 Å². The lowest BCUT2D eigenvalue weighted by atomic mass is 10.0. The van der Waals surface area contributed by atoms with E-state index in [-0.39, 0.29) is 198 Å². The van der Waals surface area contributed by atoms with Crippen LogP contribution in [0, 0.1) is 13.8 Å². The Morgan fingerprint density at radius 3 is 1.06 bits per heavy atom. The molecule has 0 fully saturated rings. The number of nitrogens with two attached hydrogens (primary N) is 1. The van der Waals surface area contributed by atoms with Crippen molar-refractivity contribution < 1.29 is 146 Å². The summed E-state index contributed by atoms with van der Waals surface area (Å²) in [5.74, 6) is -1.17. The van der Waals surface area contributed by atoms with E-state index in [1.807, 2.05) is 4.57 Å². The van der Waals surface area contributed by atoms with Crippen molar-refractivity contribution in [2.45, 2.75) is 63.4 Å². The number of carbonyl (C=O) groups is 2. The zero-order valence-electron chi connectivity index (χ0n) is 65.0. The first kappa shape index (κ1) is 95.2. The van der Waals surface area contributed by atoms with Crippen LogP contribution in [0.4, 0.5) is 0 Å². The van der Waals surface area contributed by atoms with Gasteiger partial charge in [-0.2, -0.15) is 13.0 Å². The molecule has 3 aromatic carbocycles. The Hall–Kier alpha value is -5.14. The molecule has 4 rings (SSSR count).